The number of ketones is 1. The fourth-order valence-electron chi connectivity index (χ4n) is 2.49. The Morgan fingerprint density at radius 1 is 1.18 bits per heavy atom. The second kappa shape index (κ2) is 5.78. The first kappa shape index (κ1) is 12.8. The molecule has 17 heavy (non-hydrogen) atoms. The lowest BCUT2D eigenvalue weighted by molar-refractivity contribution is 0.0881. The van der Waals surface area contributed by atoms with Gasteiger partial charge in [-0.25, -0.2) is 0 Å². The van der Waals surface area contributed by atoms with Crippen LogP contribution in [0.15, 0.2) is 28.7 Å². The molecule has 0 saturated heterocycles. The summed E-state index contributed by atoms with van der Waals surface area (Å²) in [6.45, 7) is 0. The minimum atomic E-state index is 0.223. The minimum Gasteiger partial charge on any atom is -0.317 e. The molecular formula is C14H18BrNO. The first-order valence-corrected chi connectivity index (χ1v) is 6.97. The largest absolute Gasteiger partial charge is 0.317 e. The standard InChI is InChI=1S/C14H18BrNO/c1-16-13-8-4-11(5-9-13)14(17)10-2-6-12(15)7-3-10/h2-3,6-7,11,13,16H,4-5,8-9H2,1H3. The fraction of sp³-hybridized carbons (Fsp3) is 0.500. The van der Waals surface area contributed by atoms with Crippen LogP contribution in [-0.4, -0.2) is 18.9 Å². The molecule has 0 aliphatic heterocycles. The Balaban J connectivity index is 1.99. The SMILES string of the molecule is CNC1CCC(C(=O)c2ccc(Br)cc2)CC1. The number of rotatable bonds is 3. The van der Waals surface area contributed by atoms with Crippen molar-refractivity contribution in [2.24, 2.45) is 5.92 Å². The van der Waals surface area contributed by atoms with Crippen molar-refractivity contribution < 1.29 is 4.79 Å². The van der Waals surface area contributed by atoms with Gasteiger partial charge in [-0.1, -0.05) is 28.1 Å². The van der Waals surface area contributed by atoms with Gasteiger partial charge in [0, 0.05) is 22.0 Å². The maximum absolute atomic E-state index is 12.3. The van der Waals surface area contributed by atoms with E-state index in [1.165, 1.54) is 0 Å². The van der Waals surface area contributed by atoms with Crippen molar-refractivity contribution >= 4 is 21.7 Å². The topological polar surface area (TPSA) is 29.1 Å². The van der Waals surface area contributed by atoms with Crippen LogP contribution in [0.5, 0.6) is 0 Å². The molecule has 1 aliphatic carbocycles. The van der Waals surface area contributed by atoms with Gasteiger partial charge in [-0.05, 0) is 44.9 Å². The average molecular weight is 296 g/mol. The first-order valence-electron chi connectivity index (χ1n) is 6.17. The van der Waals surface area contributed by atoms with Crippen LogP contribution in [0.3, 0.4) is 0 Å². The van der Waals surface area contributed by atoms with Crippen LogP contribution in [-0.2, 0) is 0 Å². The van der Waals surface area contributed by atoms with E-state index in [-0.39, 0.29) is 5.92 Å². The Kier molecular flexibility index (Phi) is 4.35. The summed E-state index contributed by atoms with van der Waals surface area (Å²) in [6, 6.07) is 8.30. The van der Waals surface area contributed by atoms with Gasteiger partial charge in [-0.2, -0.15) is 0 Å². The van der Waals surface area contributed by atoms with Gasteiger partial charge in [-0.3, -0.25) is 4.79 Å². The van der Waals surface area contributed by atoms with E-state index in [9.17, 15) is 4.79 Å². The zero-order valence-corrected chi connectivity index (χ0v) is 11.7. The molecule has 1 aromatic carbocycles. The van der Waals surface area contributed by atoms with Gasteiger partial charge in [0.15, 0.2) is 5.78 Å². The molecule has 1 aliphatic rings. The van der Waals surface area contributed by atoms with Crippen molar-refractivity contribution in [3.8, 4) is 0 Å². The van der Waals surface area contributed by atoms with Gasteiger partial charge < -0.3 is 5.32 Å². The van der Waals surface area contributed by atoms with Crippen LogP contribution >= 0.6 is 15.9 Å². The molecule has 1 aromatic rings. The molecule has 0 bridgehead atoms. The molecule has 92 valence electrons. The van der Waals surface area contributed by atoms with E-state index >= 15 is 0 Å². The van der Waals surface area contributed by atoms with Crippen molar-refractivity contribution in [1.82, 2.24) is 5.32 Å². The van der Waals surface area contributed by atoms with Crippen molar-refractivity contribution in [2.45, 2.75) is 31.7 Å². The summed E-state index contributed by atoms with van der Waals surface area (Å²) >= 11 is 3.39. The van der Waals surface area contributed by atoms with E-state index in [1.54, 1.807) is 0 Å². The number of Topliss-reactive ketones (excluding diaryl/α,β-unsaturated/α-hetero) is 1. The van der Waals surface area contributed by atoms with Gasteiger partial charge in [0.1, 0.15) is 0 Å². The summed E-state index contributed by atoms with van der Waals surface area (Å²) in [4.78, 5) is 12.3. The van der Waals surface area contributed by atoms with Crippen molar-refractivity contribution in [3.63, 3.8) is 0 Å². The molecule has 2 rings (SSSR count). The van der Waals surface area contributed by atoms with Crippen molar-refractivity contribution in [3.05, 3.63) is 34.3 Å². The van der Waals surface area contributed by atoms with Gasteiger partial charge in [0.2, 0.25) is 0 Å². The van der Waals surface area contributed by atoms with Crippen LogP contribution in [0.1, 0.15) is 36.0 Å². The van der Waals surface area contributed by atoms with Crippen molar-refractivity contribution in [2.75, 3.05) is 7.05 Å². The maximum atomic E-state index is 12.3. The molecule has 0 aromatic heterocycles. The van der Waals surface area contributed by atoms with E-state index in [2.05, 4.69) is 21.2 Å². The van der Waals surface area contributed by atoms with Crippen LogP contribution in [0.25, 0.3) is 0 Å². The number of carbonyl (C=O) groups excluding carboxylic acids is 1. The van der Waals surface area contributed by atoms with Crippen molar-refractivity contribution in [1.29, 1.82) is 0 Å². The molecule has 0 atom stereocenters. The highest BCUT2D eigenvalue weighted by Gasteiger charge is 2.26. The van der Waals surface area contributed by atoms with Gasteiger partial charge >= 0.3 is 0 Å². The monoisotopic (exact) mass is 295 g/mol. The van der Waals surface area contributed by atoms with Crippen LogP contribution in [0.4, 0.5) is 0 Å². The van der Waals surface area contributed by atoms with Crippen LogP contribution < -0.4 is 5.32 Å². The third-order valence-corrected chi connectivity index (χ3v) is 4.16. The second-order valence-electron chi connectivity index (χ2n) is 4.71. The normalized spacial score (nSPS) is 24.6. The van der Waals surface area contributed by atoms with Gasteiger partial charge in [0.05, 0.1) is 0 Å². The Labute approximate surface area is 111 Å². The smallest absolute Gasteiger partial charge is 0.165 e. The zero-order valence-electron chi connectivity index (χ0n) is 10.1. The number of hydrogen-bond donors (Lipinski definition) is 1. The molecule has 2 nitrogen and oxygen atoms in total. The lowest BCUT2D eigenvalue weighted by Crippen LogP contribution is -2.32. The summed E-state index contributed by atoms with van der Waals surface area (Å²) in [5.41, 5.74) is 0.848. The average Bonchev–Trinajstić information content (AvgIpc) is 2.39. The summed E-state index contributed by atoms with van der Waals surface area (Å²) in [7, 11) is 2.00. The second-order valence-corrected chi connectivity index (χ2v) is 5.62. The predicted octanol–water partition coefficient (Wildman–Crippen LogP) is 3.41. The number of halogens is 1. The number of benzene rings is 1. The third kappa shape index (κ3) is 3.17. The van der Waals surface area contributed by atoms with Crippen LogP contribution in [0.2, 0.25) is 0 Å². The Hall–Kier alpha value is -0.670. The molecule has 1 saturated carbocycles. The summed E-state index contributed by atoms with van der Waals surface area (Å²) in [5.74, 6) is 0.535. The van der Waals surface area contributed by atoms with E-state index in [1.807, 2.05) is 31.3 Å². The summed E-state index contributed by atoms with van der Waals surface area (Å²) in [6.07, 6.45) is 4.26. The van der Waals surface area contributed by atoms with Gasteiger partial charge in [0.25, 0.3) is 0 Å². The maximum Gasteiger partial charge on any atom is 0.165 e. The zero-order chi connectivity index (χ0) is 12.3. The third-order valence-electron chi connectivity index (χ3n) is 3.63. The molecule has 1 N–H and O–H groups in total. The number of hydrogen-bond acceptors (Lipinski definition) is 2. The molecular weight excluding hydrogens is 278 g/mol. The van der Waals surface area contributed by atoms with E-state index in [0.717, 1.165) is 35.7 Å². The Morgan fingerprint density at radius 2 is 1.76 bits per heavy atom. The fourth-order valence-corrected chi connectivity index (χ4v) is 2.76. The number of carbonyl (C=O) groups is 1. The quantitative estimate of drug-likeness (QED) is 0.866. The summed E-state index contributed by atoms with van der Waals surface area (Å²) in [5, 5.41) is 3.29. The Morgan fingerprint density at radius 3 is 2.29 bits per heavy atom. The van der Waals surface area contributed by atoms with E-state index < -0.39 is 0 Å². The number of nitrogens with one attached hydrogen (secondary N) is 1. The molecule has 0 radical (unpaired) electrons. The molecule has 0 spiro atoms. The molecule has 3 heteroatoms. The highest BCUT2D eigenvalue weighted by atomic mass is 79.9. The first-order chi connectivity index (χ1) is 8.20. The predicted molar refractivity (Wildman–Crippen MR) is 73.3 cm³/mol. The molecule has 1 fully saturated rings. The van der Waals surface area contributed by atoms with E-state index in [0.29, 0.717) is 11.8 Å². The van der Waals surface area contributed by atoms with Crippen LogP contribution in [0, 0.1) is 5.92 Å². The minimum absolute atomic E-state index is 0.223. The molecule has 0 amide bonds. The lowest BCUT2D eigenvalue weighted by Gasteiger charge is -2.27. The lowest BCUT2D eigenvalue weighted by atomic mass is 9.81. The highest BCUT2D eigenvalue weighted by molar-refractivity contribution is 9.10. The van der Waals surface area contributed by atoms with E-state index in [4.69, 9.17) is 0 Å². The molecule has 0 heterocycles. The highest BCUT2D eigenvalue weighted by Crippen LogP contribution is 2.27. The molecule has 0 unspecified atom stereocenters. The van der Waals surface area contributed by atoms with Gasteiger partial charge in [-0.15, -0.1) is 0 Å². The summed E-state index contributed by atoms with van der Waals surface area (Å²) < 4.78 is 1.02. The Bertz CT molecular complexity index is 380.